The molecule has 0 saturated carbocycles. The average Bonchev–Trinajstić information content (AvgIpc) is 2.82. The van der Waals surface area contributed by atoms with Crippen molar-refractivity contribution in [2.45, 2.75) is 0 Å². The number of para-hydroxylation sites is 1. The van der Waals surface area contributed by atoms with E-state index in [1.165, 1.54) is 10.8 Å². The maximum absolute atomic E-state index is 12.1. The summed E-state index contributed by atoms with van der Waals surface area (Å²) < 4.78 is 12.0. The molecule has 0 atom stereocenters. The van der Waals surface area contributed by atoms with Crippen molar-refractivity contribution in [3.05, 3.63) is 46.8 Å². The number of benzene rings is 1. The molecular weight excluding hydrogens is 292 g/mol. The molecule has 6 heteroatoms. The molecule has 0 radical (unpaired) electrons. The minimum Gasteiger partial charge on any atom is -0.493 e. The monoisotopic (exact) mass is 306 g/mol. The first-order chi connectivity index (χ1) is 10.1. The zero-order valence-electron chi connectivity index (χ0n) is 12.0. The fourth-order valence-corrected chi connectivity index (χ4v) is 2.19. The van der Waals surface area contributed by atoms with E-state index < -0.39 is 0 Å². The topological polar surface area (TPSA) is 53.3 Å². The van der Waals surface area contributed by atoms with Gasteiger partial charge in [-0.1, -0.05) is 23.7 Å². The second-order valence-corrected chi connectivity index (χ2v) is 4.69. The molecule has 0 bridgehead atoms. The van der Waals surface area contributed by atoms with Crippen LogP contribution in [0.2, 0.25) is 5.02 Å². The van der Waals surface area contributed by atoms with Gasteiger partial charge in [0.2, 0.25) is 5.78 Å². The summed E-state index contributed by atoms with van der Waals surface area (Å²) in [5, 5.41) is 4.35. The summed E-state index contributed by atoms with van der Waals surface area (Å²) >= 11 is 5.95. The molecule has 0 unspecified atom stereocenters. The molecule has 0 aliphatic rings. The van der Waals surface area contributed by atoms with Gasteiger partial charge in [0, 0.05) is 18.8 Å². The Hall–Kier alpha value is -2.27. The number of nitrogens with zero attached hydrogens (tertiary/aromatic N) is 2. The molecule has 0 amide bonds. The lowest BCUT2D eigenvalue weighted by Crippen LogP contribution is -1.98. The Labute approximate surface area is 127 Å². The number of aryl methyl sites for hydroxylation is 1. The predicted octanol–water partition coefficient (Wildman–Crippen LogP) is 2.99. The number of ketones is 1. The van der Waals surface area contributed by atoms with Gasteiger partial charge in [0.1, 0.15) is 0 Å². The highest BCUT2D eigenvalue weighted by molar-refractivity contribution is 6.34. The third kappa shape index (κ3) is 3.25. The third-order valence-electron chi connectivity index (χ3n) is 2.87. The second kappa shape index (κ2) is 6.45. The zero-order chi connectivity index (χ0) is 15.4. The Morgan fingerprint density at radius 3 is 2.67 bits per heavy atom. The number of carbonyl (C=O) groups excluding carboxylic acids is 1. The summed E-state index contributed by atoms with van der Waals surface area (Å²) in [6, 6.07) is 5.43. The van der Waals surface area contributed by atoms with Gasteiger partial charge in [-0.15, -0.1) is 0 Å². The molecule has 110 valence electrons. The highest BCUT2D eigenvalue weighted by Gasteiger charge is 2.13. The number of hydrogen-bond donors (Lipinski definition) is 0. The van der Waals surface area contributed by atoms with E-state index in [1.54, 1.807) is 39.6 Å². The van der Waals surface area contributed by atoms with E-state index in [0.717, 1.165) is 5.56 Å². The number of allylic oxidation sites excluding steroid dienone is 1. The van der Waals surface area contributed by atoms with Crippen LogP contribution in [0.1, 0.15) is 16.1 Å². The smallest absolute Gasteiger partial charge is 0.207 e. The molecule has 0 spiro atoms. The van der Waals surface area contributed by atoms with Crippen LogP contribution in [0.3, 0.4) is 0 Å². The number of methoxy groups -OCH3 is 2. The van der Waals surface area contributed by atoms with Crippen molar-refractivity contribution in [3.8, 4) is 11.5 Å². The van der Waals surface area contributed by atoms with Crippen molar-refractivity contribution in [3.63, 3.8) is 0 Å². The van der Waals surface area contributed by atoms with Crippen LogP contribution >= 0.6 is 11.6 Å². The molecule has 1 aromatic heterocycles. The molecule has 0 N–H and O–H groups in total. The molecule has 0 aliphatic heterocycles. The van der Waals surface area contributed by atoms with Crippen LogP contribution in [-0.2, 0) is 7.05 Å². The molecule has 0 aliphatic carbocycles. The SMILES string of the molecule is COc1cccc(C=CC(=O)c2nn(C)cc2Cl)c1OC. The van der Waals surface area contributed by atoms with E-state index >= 15 is 0 Å². The van der Waals surface area contributed by atoms with Gasteiger partial charge in [-0.3, -0.25) is 9.48 Å². The summed E-state index contributed by atoms with van der Waals surface area (Å²) in [4.78, 5) is 12.1. The molecule has 1 aromatic carbocycles. The van der Waals surface area contributed by atoms with E-state index in [1.807, 2.05) is 12.1 Å². The first-order valence-electron chi connectivity index (χ1n) is 6.19. The molecule has 2 rings (SSSR count). The maximum Gasteiger partial charge on any atom is 0.207 e. The van der Waals surface area contributed by atoms with Crippen molar-refractivity contribution >= 4 is 23.5 Å². The number of aromatic nitrogens is 2. The molecule has 5 nitrogen and oxygen atoms in total. The maximum atomic E-state index is 12.1. The number of rotatable bonds is 5. The predicted molar refractivity (Wildman–Crippen MR) is 81.1 cm³/mol. The minimum atomic E-state index is -0.273. The highest BCUT2D eigenvalue weighted by Crippen LogP contribution is 2.31. The molecule has 0 saturated heterocycles. The molecule has 21 heavy (non-hydrogen) atoms. The van der Waals surface area contributed by atoms with Crippen molar-refractivity contribution in [2.24, 2.45) is 7.05 Å². The zero-order valence-corrected chi connectivity index (χ0v) is 12.7. The molecular formula is C15H15ClN2O3. The number of carbonyl (C=O) groups is 1. The van der Waals surface area contributed by atoms with Crippen LogP contribution in [0.25, 0.3) is 6.08 Å². The summed E-state index contributed by atoms with van der Waals surface area (Å²) in [5.74, 6) is 0.893. The van der Waals surface area contributed by atoms with Crippen molar-refractivity contribution in [1.29, 1.82) is 0 Å². The van der Waals surface area contributed by atoms with E-state index in [0.29, 0.717) is 16.5 Å². The number of ether oxygens (including phenoxy) is 2. The summed E-state index contributed by atoms with van der Waals surface area (Å²) in [6.45, 7) is 0. The molecule has 2 aromatic rings. The van der Waals surface area contributed by atoms with Gasteiger partial charge in [-0.2, -0.15) is 5.10 Å². The van der Waals surface area contributed by atoms with Crippen molar-refractivity contribution < 1.29 is 14.3 Å². The van der Waals surface area contributed by atoms with E-state index in [4.69, 9.17) is 21.1 Å². The van der Waals surface area contributed by atoms with Crippen LogP contribution in [0.15, 0.2) is 30.5 Å². The first kappa shape index (κ1) is 15.1. The van der Waals surface area contributed by atoms with E-state index in [9.17, 15) is 4.79 Å². The largest absolute Gasteiger partial charge is 0.493 e. The van der Waals surface area contributed by atoms with Crippen LogP contribution in [0.5, 0.6) is 11.5 Å². The summed E-state index contributed by atoms with van der Waals surface area (Å²) in [7, 11) is 4.81. The third-order valence-corrected chi connectivity index (χ3v) is 3.14. The van der Waals surface area contributed by atoms with Gasteiger partial charge in [0.25, 0.3) is 0 Å². The number of hydrogen-bond acceptors (Lipinski definition) is 4. The van der Waals surface area contributed by atoms with Gasteiger partial charge in [0.15, 0.2) is 17.2 Å². The lowest BCUT2D eigenvalue weighted by Gasteiger charge is -2.09. The Morgan fingerprint density at radius 1 is 1.33 bits per heavy atom. The van der Waals surface area contributed by atoms with Gasteiger partial charge < -0.3 is 9.47 Å². The molecule has 1 heterocycles. The fourth-order valence-electron chi connectivity index (χ4n) is 1.91. The summed E-state index contributed by atoms with van der Waals surface area (Å²) in [6.07, 6.45) is 4.63. The second-order valence-electron chi connectivity index (χ2n) is 4.28. The van der Waals surface area contributed by atoms with Crippen molar-refractivity contribution in [1.82, 2.24) is 9.78 Å². The first-order valence-corrected chi connectivity index (χ1v) is 6.57. The minimum absolute atomic E-state index is 0.220. The van der Waals surface area contributed by atoms with Crippen LogP contribution < -0.4 is 9.47 Å². The Bertz CT molecular complexity index is 692. The Balaban J connectivity index is 2.29. The van der Waals surface area contributed by atoms with Crippen LogP contribution in [0.4, 0.5) is 0 Å². The van der Waals surface area contributed by atoms with Gasteiger partial charge >= 0.3 is 0 Å². The Morgan fingerprint density at radius 2 is 2.10 bits per heavy atom. The van der Waals surface area contributed by atoms with E-state index in [-0.39, 0.29) is 11.5 Å². The van der Waals surface area contributed by atoms with Gasteiger partial charge in [0.05, 0.1) is 19.2 Å². The van der Waals surface area contributed by atoms with E-state index in [2.05, 4.69) is 5.10 Å². The number of halogens is 1. The highest BCUT2D eigenvalue weighted by atomic mass is 35.5. The lowest BCUT2D eigenvalue weighted by atomic mass is 10.1. The van der Waals surface area contributed by atoms with Crippen LogP contribution in [-0.4, -0.2) is 29.8 Å². The quantitative estimate of drug-likeness (QED) is 0.629. The van der Waals surface area contributed by atoms with Gasteiger partial charge in [-0.25, -0.2) is 0 Å². The fraction of sp³-hybridized carbons (Fsp3) is 0.200. The van der Waals surface area contributed by atoms with Crippen molar-refractivity contribution in [2.75, 3.05) is 14.2 Å². The molecule has 0 fully saturated rings. The van der Waals surface area contributed by atoms with Crippen LogP contribution in [0, 0.1) is 0 Å². The standard InChI is InChI=1S/C15H15ClN2O3/c1-18-9-11(16)14(17-18)12(19)8-7-10-5-4-6-13(20-2)15(10)21-3/h4-9H,1-3H3. The summed E-state index contributed by atoms with van der Waals surface area (Å²) in [5.41, 5.74) is 0.953. The lowest BCUT2D eigenvalue weighted by molar-refractivity contribution is 0.104. The normalized spacial score (nSPS) is 10.9. The Kier molecular flexibility index (Phi) is 4.65. The average molecular weight is 307 g/mol. The van der Waals surface area contributed by atoms with Gasteiger partial charge in [-0.05, 0) is 18.2 Å².